The van der Waals surface area contributed by atoms with E-state index in [0.717, 1.165) is 12.3 Å². The number of benzene rings is 1. The predicted molar refractivity (Wildman–Crippen MR) is 81.5 cm³/mol. The number of anilines is 1. The Balaban J connectivity index is 1.69. The quantitative estimate of drug-likeness (QED) is 0.815. The van der Waals surface area contributed by atoms with Gasteiger partial charge in [0.25, 0.3) is 0 Å². The van der Waals surface area contributed by atoms with Crippen LogP contribution in [0.1, 0.15) is 25.7 Å². The molecule has 2 fully saturated rings. The number of rotatable bonds is 5. The molecule has 0 heterocycles. The van der Waals surface area contributed by atoms with Crippen molar-refractivity contribution in [2.75, 3.05) is 19.4 Å². The van der Waals surface area contributed by atoms with E-state index in [-0.39, 0.29) is 4.90 Å². The van der Waals surface area contributed by atoms with Crippen molar-refractivity contribution in [3.8, 4) is 5.75 Å². The maximum Gasteiger partial charge on any atom is 0.240 e. The molecule has 0 amide bonds. The zero-order valence-corrected chi connectivity index (χ0v) is 13.0. The molecule has 3 atom stereocenters. The van der Waals surface area contributed by atoms with E-state index in [1.165, 1.54) is 38.5 Å². The SMILES string of the molecule is COc1cc(S(=O)(=O)NCC2CC3CCC2C3)ccc1N. The van der Waals surface area contributed by atoms with Gasteiger partial charge in [0.15, 0.2) is 0 Å². The summed E-state index contributed by atoms with van der Waals surface area (Å²) in [6.45, 7) is 0.538. The average Bonchev–Trinajstić information content (AvgIpc) is 3.08. The van der Waals surface area contributed by atoms with Crippen molar-refractivity contribution in [3.63, 3.8) is 0 Å². The van der Waals surface area contributed by atoms with Gasteiger partial charge >= 0.3 is 0 Å². The summed E-state index contributed by atoms with van der Waals surface area (Å²) in [5.74, 6) is 2.41. The second kappa shape index (κ2) is 5.50. The number of nitrogen functional groups attached to an aromatic ring is 1. The maximum absolute atomic E-state index is 12.4. The number of fused-ring (bicyclic) bond motifs is 2. The zero-order valence-electron chi connectivity index (χ0n) is 12.2. The molecule has 6 heteroatoms. The number of ether oxygens (including phenoxy) is 1. The fourth-order valence-corrected chi connectivity index (χ4v) is 4.89. The number of hydrogen-bond acceptors (Lipinski definition) is 4. The summed E-state index contributed by atoms with van der Waals surface area (Å²) in [4.78, 5) is 0.205. The maximum atomic E-state index is 12.4. The molecule has 0 aromatic heterocycles. The highest BCUT2D eigenvalue weighted by Gasteiger charge is 2.39. The first-order chi connectivity index (χ1) is 9.99. The molecule has 3 rings (SSSR count). The van der Waals surface area contributed by atoms with Crippen LogP contribution in [-0.2, 0) is 10.0 Å². The van der Waals surface area contributed by atoms with Gasteiger partial charge in [-0.1, -0.05) is 6.42 Å². The minimum atomic E-state index is -3.50. The normalized spacial score (nSPS) is 28.0. The van der Waals surface area contributed by atoms with Gasteiger partial charge in [0, 0.05) is 12.6 Å². The minimum Gasteiger partial charge on any atom is -0.495 e. The molecule has 116 valence electrons. The van der Waals surface area contributed by atoms with Crippen LogP contribution in [0.5, 0.6) is 5.75 Å². The van der Waals surface area contributed by atoms with E-state index in [2.05, 4.69) is 4.72 Å². The van der Waals surface area contributed by atoms with E-state index < -0.39 is 10.0 Å². The van der Waals surface area contributed by atoms with Gasteiger partial charge in [-0.25, -0.2) is 13.1 Å². The van der Waals surface area contributed by atoms with Gasteiger partial charge in [-0.15, -0.1) is 0 Å². The number of sulfonamides is 1. The Morgan fingerprint density at radius 1 is 1.33 bits per heavy atom. The van der Waals surface area contributed by atoms with Crippen molar-refractivity contribution in [2.24, 2.45) is 17.8 Å². The lowest BCUT2D eigenvalue weighted by molar-refractivity contribution is 0.333. The van der Waals surface area contributed by atoms with Gasteiger partial charge < -0.3 is 10.5 Å². The van der Waals surface area contributed by atoms with Crippen LogP contribution >= 0.6 is 0 Å². The van der Waals surface area contributed by atoms with Crippen LogP contribution in [0, 0.1) is 17.8 Å². The number of methoxy groups -OCH3 is 1. The first kappa shape index (κ1) is 14.7. The van der Waals surface area contributed by atoms with Gasteiger partial charge in [0.1, 0.15) is 5.75 Å². The summed E-state index contributed by atoms with van der Waals surface area (Å²) in [5.41, 5.74) is 6.15. The number of nitrogens with two attached hydrogens (primary N) is 1. The van der Waals surface area contributed by atoms with Gasteiger partial charge in [-0.2, -0.15) is 0 Å². The molecule has 1 aromatic rings. The van der Waals surface area contributed by atoms with E-state index in [4.69, 9.17) is 10.5 Å². The second-order valence-corrected chi connectivity index (χ2v) is 7.96. The highest BCUT2D eigenvalue weighted by molar-refractivity contribution is 7.89. The highest BCUT2D eigenvalue weighted by Crippen LogP contribution is 2.48. The fraction of sp³-hybridized carbons (Fsp3) is 0.600. The van der Waals surface area contributed by atoms with Crippen molar-refractivity contribution in [3.05, 3.63) is 18.2 Å². The Labute approximate surface area is 125 Å². The van der Waals surface area contributed by atoms with Crippen LogP contribution < -0.4 is 15.2 Å². The van der Waals surface area contributed by atoms with Gasteiger partial charge in [0.05, 0.1) is 17.7 Å². The van der Waals surface area contributed by atoms with E-state index in [9.17, 15) is 8.42 Å². The number of hydrogen-bond donors (Lipinski definition) is 2. The molecular weight excluding hydrogens is 288 g/mol. The Morgan fingerprint density at radius 3 is 2.76 bits per heavy atom. The van der Waals surface area contributed by atoms with Crippen LogP contribution in [0.3, 0.4) is 0 Å². The average molecular weight is 310 g/mol. The third-order valence-electron chi connectivity index (χ3n) is 4.94. The lowest BCUT2D eigenvalue weighted by Gasteiger charge is -2.21. The van der Waals surface area contributed by atoms with Crippen molar-refractivity contribution in [1.82, 2.24) is 4.72 Å². The lowest BCUT2D eigenvalue weighted by atomic mass is 9.89. The number of nitrogens with one attached hydrogen (secondary N) is 1. The summed E-state index contributed by atoms with van der Waals surface area (Å²) in [6.07, 6.45) is 5.02. The van der Waals surface area contributed by atoms with Crippen LogP contribution in [0.15, 0.2) is 23.1 Å². The zero-order chi connectivity index (χ0) is 15.0. The third kappa shape index (κ3) is 2.87. The molecule has 21 heavy (non-hydrogen) atoms. The Hall–Kier alpha value is -1.27. The Bertz CT molecular complexity index is 630. The van der Waals surface area contributed by atoms with Crippen molar-refractivity contribution in [1.29, 1.82) is 0 Å². The molecule has 2 bridgehead atoms. The van der Waals surface area contributed by atoms with Crippen molar-refractivity contribution >= 4 is 15.7 Å². The summed E-state index contributed by atoms with van der Waals surface area (Å²) >= 11 is 0. The molecule has 3 N–H and O–H groups in total. The van der Waals surface area contributed by atoms with E-state index in [1.54, 1.807) is 6.07 Å². The largest absolute Gasteiger partial charge is 0.495 e. The van der Waals surface area contributed by atoms with Crippen LogP contribution in [0.25, 0.3) is 0 Å². The smallest absolute Gasteiger partial charge is 0.240 e. The highest BCUT2D eigenvalue weighted by atomic mass is 32.2. The molecule has 3 unspecified atom stereocenters. The summed E-state index contributed by atoms with van der Waals surface area (Å²) in [6, 6.07) is 4.55. The second-order valence-electron chi connectivity index (χ2n) is 6.19. The Kier molecular flexibility index (Phi) is 3.84. The van der Waals surface area contributed by atoms with Gasteiger partial charge in [-0.05, 0) is 49.1 Å². The minimum absolute atomic E-state index is 0.205. The first-order valence-corrected chi connectivity index (χ1v) is 8.91. The molecule has 0 saturated heterocycles. The topological polar surface area (TPSA) is 81.4 Å². The summed E-state index contributed by atoms with van der Waals surface area (Å²) in [7, 11) is -2.02. The first-order valence-electron chi connectivity index (χ1n) is 7.43. The molecule has 2 aliphatic rings. The lowest BCUT2D eigenvalue weighted by Crippen LogP contribution is -2.31. The van der Waals surface area contributed by atoms with Crippen LogP contribution in [-0.4, -0.2) is 22.1 Å². The molecule has 0 radical (unpaired) electrons. The Morgan fingerprint density at radius 2 is 2.14 bits per heavy atom. The summed E-state index contributed by atoms with van der Waals surface area (Å²) < 4.78 is 32.6. The molecule has 2 saturated carbocycles. The molecule has 5 nitrogen and oxygen atoms in total. The fourth-order valence-electron chi connectivity index (χ4n) is 3.79. The third-order valence-corrected chi connectivity index (χ3v) is 6.36. The predicted octanol–water partition coefficient (Wildman–Crippen LogP) is 1.99. The monoisotopic (exact) mass is 310 g/mol. The standard InChI is InChI=1S/C15H22N2O3S/c1-20-15-8-13(4-5-14(15)16)21(18,19)17-9-12-7-10-2-3-11(12)6-10/h4-5,8,10-12,17H,2-3,6-7,9,16H2,1H3. The molecule has 1 aromatic carbocycles. The summed E-state index contributed by atoms with van der Waals surface area (Å²) in [5, 5.41) is 0. The van der Waals surface area contributed by atoms with Crippen LogP contribution in [0.2, 0.25) is 0 Å². The van der Waals surface area contributed by atoms with E-state index >= 15 is 0 Å². The van der Waals surface area contributed by atoms with Crippen molar-refractivity contribution < 1.29 is 13.2 Å². The van der Waals surface area contributed by atoms with Crippen LogP contribution in [0.4, 0.5) is 5.69 Å². The van der Waals surface area contributed by atoms with Crippen molar-refractivity contribution in [2.45, 2.75) is 30.6 Å². The molecule has 2 aliphatic carbocycles. The van der Waals surface area contributed by atoms with E-state index in [0.29, 0.717) is 29.8 Å². The van der Waals surface area contributed by atoms with E-state index in [1.807, 2.05) is 0 Å². The van der Waals surface area contributed by atoms with Gasteiger partial charge in [-0.3, -0.25) is 0 Å². The molecular formula is C15H22N2O3S. The van der Waals surface area contributed by atoms with Gasteiger partial charge in [0.2, 0.25) is 10.0 Å². The molecule has 0 spiro atoms. The molecule has 0 aliphatic heterocycles.